The number of fused-ring (bicyclic) bond motifs is 1. The van der Waals surface area contributed by atoms with E-state index >= 15 is 0 Å². The van der Waals surface area contributed by atoms with Gasteiger partial charge < -0.3 is 9.64 Å². The monoisotopic (exact) mass is 319 g/mol. The van der Waals surface area contributed by atoms with Crippen molar-refractivity contribution in [3.8, 4) is 0 Å². The predicted molar refractivity (Wildman–Crippen MR) is 94.1 cm³/mol. The number of esters is 1. The summed E-state index contributed by atoms with van der Waals surface area (Å²) >= 11 is 0. The van der Waals surface area contributed by atoms with Crippen LogP contribution in [0.25, 0.3) is 10.8 Å². The van der Waals surface area contributed by atoms with Crippen LogP contribution in [-0.4, -0.2) is 25.5 Å². The minimum absolute atomic E-state index is 0.283. The van der Waals surface area contributed by atoms with Crippen LogP contribution in [0.1, 0.15) is 10.4 Å². The molecule has 0 radical (unpaired) electrons. The van der Waals surface area contributed by atoms with E-state index in [4.69, 9.17) is 4.74 Å². The van der Waals surface area contributed by atoms with Crippen LogP contribution in [0, 0.1) is 0 Å². The molecule has 0 fully saturated rings. The van der Waals surface area contributed by atoms with Gasteiger partial charge in [-0.15, -0.1) is 0 Å². The second kappa shape index (κ2) is 6.96. The van der Waals surface area contributed by atoms with Crippen LogP contribution in [0.2, 0.25) is 0 Å². The SMILES string of the molecule is CN(C(=O)COC(=O)c1cccc2ccccc12)c1ccccc1. The van der Waals surface area contributed by atoms with E-state index in [1.165, 1.54) is 4.90 Å². The van der Waals surface area contributed by atoms with Crippen molar-refractivity contribution in [2.75, 3.05) is 18.6 Å². The van der Waals surface area contributed by atoms with E-state index in [2.05, 4.69) is 0 Å². The number of para-hydroxylation sites is 1. The quantitative estimate of drug-likeness (QED) is 0.690. The highest BCUT2D eigenvalue weighted by Gasteiger charge is 2.16. The molecule has 0 aliphatic heterocycles. The van der Waals surface area contributed by atoms with Gasteiger partial charge in [0.15, 0.2) is 6.61 Å². The molecule has 120 valence electrons. The van der Waals surface area contributed by atoms with Crippen LogP contribution in [0.4, 0.5) is 5.69 Å². The van der Waals surface area contributed by atoms with E-state index in [9.17, 15) is 9.59 Å². The summed E-state index contributed by atoms with van der Waals surface area (Å²) in [5.41, 5.74) is 1.21. The van der Waals surface area contributed by atoms with Gasteiger partial charge in [-0.25, -0.2) is 4.79 Å². The topological polar surface area (TPSA) is 46.6 Å². The van der Waals surface area contributed by atoms with Gasteiger partial charge in [-0.1, -0.05) is 54.6 Å². The van der Waals surface area contributed by atoms with E-state index in [0.29, 0.717) is 5.56 Å². The van der Waals surface area contributed by atoms with Gasteiger partial charge in [0.2, 0.25) is 0 Å². The molecule has 0 heterocycles. The number of amides is 1. The Hall–Kier alpha value is -3.14. The lowest BCUT2D eigenvalue weighted by molar-refractivity contribution is -0.121. The lowest BCUT2D eigenvalue weighted by Gasteiger charge is -2.17. The molecule has 1 amide bonds. The zero-order valence-electron chi connectivity index (χ0n) is 13.3. The third-order valence-electron chi connectivity index (χ3n) is 3.85. The number of rotatable bonds is 4. The summed E-state index contributed by atoms with van der Waals surface area (Å²) in [6, 6.07) is 22.2. The van der Waals surface area contributed by atoms with Crippen molar-refractivity contribution >= 4 is 28.3 Å². The van der Waals surface area contributed by atoms with Gasteiger partial charge in [0.25, 0.3) is 5.91 Å². The van der Waals surface area contributed by atoms with E-state index in [-0.39, 0.29) is 12.5 Å². The first kappa shape index (κ1) is 15.7. The number of ether oxygens (including phenoxy) is 1. The molecule has 0 N–H and O–H groups in total. The Labute approximate surface area is 140 Å². The molecule has 4 heteroatoms. The summed E-state index contributed by atoms with van der Waals surface area (Å²) in [6.07, 6.45) is 0. The van der Waals surface area contributed by atoms with Gasteiger partial charge >= 0.3 is 5.97 Å². The zero-order chi connectivity index (χ0) is 16.9. The molecule has 3 rings (SSSR count). The third-order valence-corrected chi connectivity index (χ3v) is 3.85. The number of nitrogens with zero attached hydrogens (tertiary/aromatic N) is 1. The van der Waals surface area contributed by atoms with Crippen LogP contribution >= 0.6 is 0 Å². The maximum Gasteiger partial charge on any atom is 0.339 e. The van der Waals surface area contributed by atoms with Gasteiger partial charge in [0.1, 0.15) is 0 Å². The summed E-state index contributed by atoms with van der Waals surface area (Å²) in [4.78, 5) is 26.0. The lowest BCUT2D eigenvalue weighted by atomic mass is 10.1. The van der Waals surface area contributed by atoms with Crippen LogP contribution < -0.4 is 4.90 Å². The lowest BCUT2D eigenvalue weighted by Crippen LogP contribution is -2.31. The molecule has 4 nitrogen and oxygen atoms in total. The molecular weight excluding hydrogens is 302 g/mol. The fourth-order valence-corrected chi connectivity index (χ4v) is 2.50. The van der Waals surface area contributed by atoms with Crippen molar-refractivity contribution < 1.29 is 14.3 Å². The Bertz CT molecular complexity index is 869. The van der Waals surface area contributed by atoms with Crippen molar-refractivity contribution in [2.45, 2.75) is 0 Å². The molecule has 0 aromatic heterocycles. The van der Waals surface area contributed by atoms with Crippen LogP contribution in [0.15, 0.2) is 72.8 Å². The maximum atomic E-state index is 12.3. The first-order valence-corrected chi connectivity index (χ1v) is 7.63. The smallest absolute Gasteiger partial charge is 0.339 e. The van der Waals surface area contributed by atoms with Crippen LogP contribution in [0.5, 0.6) is 0 Å². The molecule has 3 aromatic rings. The number of anilines is 1. The van der Waals surface area contributed by atoms with Gasteiger partial charge in [-0.2, -0.15) is 0 Å². The number of hydrogen-bond acceptors (Lipinski definition) is 3. The average Bonchev–Trinajstić information content (AvgIpc) is 2.65. The molecule has 3 aromatic carbocycles. The van der Waals surface area contributed by atoms with E-state index in [0.717, 1.165) is 16.5 Å². The first-order chi connectivity index (χ1) is 11.7. The highest BCUT2D eigenvalue weighted by atomic mass is 16.5. The standard InChI is InChI=1S/C20H17NO3/c1-21(16-10-3-2-4-11-16)19(22)14-24-20(23)18-13-7-9-15-8-5-6-12-17(15)18/h2-13H,14H2,1H3. The Morgan fingerprint density at radius 1 is 0.875 bits per heavy atom. The fraction of sp³-hybridized carbons (Fsp3) is 0.100. The number of carbonyl (C=O) groups excluding carboxylic acids is 2. The summed E-state index contributed by atoms with van der Waals surface area (Å²) in [5.74, 6) is -0.781. The highest BCUT2D eigenvalue weighted by Crippen LogP contribution is 2.19. The Morgan fingerprint density at radius 3 is 2.33 bits per heavy atom. The number of carbonyl (C=O) groups is 2. The van der Waals surface area contributed by atoms with Gasteiger partial charge in [-0.3, -0.25) is 4.79 Å². The minimum Gasteiger partial charge on any atom is -0.452 e. The molecule has 0 atom stereocenters. The van der Waals surface area contributed by atoms with E-state index < -0.39 is 5.97 Å². The summed E-state index contributed by atoms with van der Waals surface area (Å²) in [5, 5.41) is 1.77. The minimum atomic E-state index is -0.499. The van der Waals surface area contributed by atoms with Crippen molar-refractivity contribution in [3.05, 3.63) is 78.4 Å². The van der Waals surface area contributed by atoms with Gasteiger partial charge in [0, 0.05) is 12.7 Å². The average molecular weight is 319 g/mol. The third kappa shape index (κ3) is 3.27. The normalized spacial score (nSPS) is 10.4. The number of likely N-dealkylation sites (N-methyl/N-ethyl adjacent to an activating group) is 1. The van der Waals surface area contributed by atoms with Gasteiger partial charge in [0.05, 0.1) is 5.56 Å². The largest absolute Gasteiger partial charge is 0.452 e. The van der Waals surface area contributed by atoms with Crippen molar-refractivity contribution in [1.29, 1.82) is 0 Å². The zero-order valence-corrected chi connectivity index (χ0v) is 13.3. The van der Waals surface area contributed by atoms with Crippen molar-refractivity contribution in [1.82, 2.24) is 0 Å². The summed E-state index contributed by atoms with van der Waals surface area (Å²) in [7, 11) is 1.66. The number of hydrogen-bond donors (Lipinski definition) is 0. The number of benzene rings is 3. The molecule has 0 spiro atoms. The summed E-state index contributed by atoms with van der Waals surface area (Å²) < 4.78 is 5.21. The Morgan fingerprint density at radius 2 is 1.54 bits per heavy atom. The Kier molecular flexibility index (Phi) is 4.57. The molecule has 24 heavy (non-hydrogen) atoms. The van der Waals surface area contributed by atoms with Crippen molar-refractivity contribution in [2.24, 2.45) is 0 Å². The van der Waals surface area contributed by atoms with E-state index in [1.807, 2.05) is 60.7 Å². The fourth-order valence-electron chi connectivity index (χ4n) is 2.50. The van der Waals surface area contributed by atoms with E-state index in [1.54, 1.807) is 19.2 Å². The summed E-state index contributed by atoms with van der Waals surface area (Å²) in [6.45, 7) is -0.298. The van der Waals surface area contributed by atoms with Gasteiger partial charge in [-0.05, 0) is 29.0 Å². The van der Waals surface area contributed by atoms with Crippen LogP contribution in [-0.2, 0) is 9.53 Å². The maximum absolute atomic E-state index is 12.3. The molecule has 0 aliphatic rings. The second-order valence-electron chi connectivity index (χ2n) is 5.39. The molecule has 0 saturated carbocycles. The van der Waals surface area contributed by atoms with Crippen molar-refractivity contribution in [3.63, 3.8) is 0 Å². The second-order valence-corrected chi connectivity index (χ2v) is 5.39. The Balaban J connectivity index is 1.70. The first-order valence-electron chi connectivity index (χ1n) is 7.63. The predicted octanol–water partition coefficient (Wildman–Crippen LogP) is 3.66. The highest BCUT2D eigenvalue weighted by molar-refractivity contribution is 6.05. The molecule has 0 unspecified atom stereocenters. The molecular formula is C20H17NO3. The molecule has 0 aliphatic carbocycles. The molecule has 0 bridgehead atoms. The van der Waals surface area contributed by atoms with Crippen LogP contribution in [0.3, 0.4) is 0 Å². The molecule has 0 saturated heterocycles.